The number of carbonyl (C=O) groups excluding carboxylic acids is 1. The van der Waals surface area contributed by atoms with Crippen LogP contribution >= 0.6 is 0 Å². The molecule has 0 bridgehead atoms. The summed E-state index contributed by atoms with van der Waals surface area (Å²) in [5.74, 6) is -0.0205. The van der Waals surface area contributed by atoms with Gasteiger partial charge in [0.25, 0.3) is 0 Å². The van der Waals surface area contributed by atoms with Gasteiger partial charge in [0.1, 0.15) is 6.73 Å². The van der Waals surface area contributed by atoms with Gasteiger partial charge < -0.3 is 4.74 Å². The Kier molecular flexibility index (Phi) is 13.9. The monoisotopic (exact) mass is 337 g/mol. The van der Waals surface area contributed by atoms with Gasteiger partial charge in [0.05, 0.1) is 0 Å². The van der Waals surface area contributed by atoms with Crippen molar-refractivity contribution in [3.63, 3.8) is 0 Å². The predicted molar refractivity (Wildman–Crippen MR) is 102 cm³/mol. The molecule has 0 amide bonds. The lowest BCUT2D eigenvalue weighted by Gasteiger charge is -2.14. The number of likely N-dealkylation sites (tertiary alicyclic amines) is 1. The quantitative estimate of drug-likeness (QED) is 0.213. The van der Waals surface area contributed by atoms with Crippen LogP contribution in [0.1, 0.15) is 96.8 Å². The van der Waals surface area contributed by atoms with E-state index in [-0.39, 0.29) is 5.97 Å². The number of unbranched alkanes of at least 4 members (excludes halogenated alkanes) is 9. The summed E-state index contributed by atoms with van der Waals surface area (Å²) in [6.45, 7) is 4.93. The van der Waals surface area contributed by atoms with Gasteiger partial charge in [-0.05, 0) is 44.9 Å². The molecule has 0 unspecified atom stereocenters. The molecular weight excluding hydrogens is 298 g/mol. The molecule has 0 aromatic rings. The van der Waals surface area contributed by atoms with E-state index >= 15 is 0 Å². The van der Waals surface area contributed by atoms with E-state index in [2.05, 4.69) is 24.0 Å². The largest absolute Gasteiger partial charge is 0.449 e. The Morgan fingerprint density at radius 1 is 0.875 bits per heavy atom. The van der Waals surface area contributed by atoms with Crippen molar-refractivity contribution in [3.05, 3.63) is 12.2 Å². The molecule has 0 aromatic heterocycles. The molecule has 1 aliphatic heterocycles. The lowest BCUT2D eigenvalue weighted by Crippen LogP contribution is -2.24. The Hall–Kier alpha value is -0.830. The van der Waals surface area contributed by atoms with Crippen molar-refractivity contribution in [1.82, 2.24) is 4.90 Å². The minimum absolute atomic E-state index is 0.0205. The van der Waals surface area contributed by atoms with Crippen molar-refractivity contribution in [2.45, 2.75) is 96.8 Å². The molecule has 1 aliphatic rings. The average Bonchev–Trinajstić information content (AvgIpc) is 3.10. The Bertz CT molecular complexity index is 322. The SMILES string of the molecule is CCCCCC/C=C\CCCCCCCC(=O)OCN1CCCC1. The third kappa shape index (κ3) is 12.6. The maximum absolute atomic E-state index is 11.6. The second-order valence-corrected chi connectivity index (χ2v) is 7.10. The maximum atomic E-state index is 11.6. The Balaban J connectivity index is 1.78. The van der Waals surface area contributed by atoms with Gasteiger partial charge in [0.2, 0.25) is 0 Å². The van der Waals surface area contributed by atoms with Crippen molar-refractivity contribution in [2.75, 3.05) is 19.8 Å². The molecule has 0 atom stereocenters. The van der Waals surface area contributed by atoms with Gasteiger partial charge in [0, 0.05) is 19.5 Å². The standard InChI is InChI=1S/C21H39NO2/c1-2-3-4-5-6-7-8-9-10-11-12-13-14-17-21(23)24-20-22-18-15-16-19-22/h7-8H,2-6,9-20H2,1H3/b8-7-. The van der Waals surface area contributed by atoms with Gasteiger partial charge >= 0.3 is 5.97 Å². The zero-order valence-electron chi connectivity index (χ0n) is 15.9. The molecule has 0 radical (unpaired) electrons. The van der Waals surface area contributed by atoms with E-state index in [9.17, 15) is 4.79 Å². The highest BCUT2D eigenvalue weighted by molar-refractivity contribution is 5.69. The topological polar surface area (TPSA) is 29.5 Å². The summed E-state index contributed by atoms with van der Waals surface area (Å²) in [7, 11) is 0. The molecule has 0 aromatic carbocycles. The van der Waals surface area contributed by atoms with E-state index in [1.54, 1.807) is 0 Å². The molecule has 1 saturated heterocycles. The summed E-state index contributed by atoms with van der Waals surface area (Å²) in [6, 6.07) is 0. The molecule has 1 heterocycles. The number of allylic oxidation sites excluding steroid dienone is 2. The van der Waals surface area contributed by atoms with Crippen molar-refractivity contribution < 1.29 is 9.53 Å². The van der Waals surface area contributed by atoms with Crippen LogP contribution in [-0.4, -0.2) is 30.7 Å². The predicted octanol–water partition coefficient (Wildman–Crippen LogP) is 5.84. The first kappa shape index (κ1) is 21.2. The number of esters is 1. The van der Waals surface area contributed by atoms with E-state index in [0.29, 0.717) is 13.2 Å². The first-order valence-electron chi connectivity index (χ1n) is 10.4. The van der Waals surface area contributed by atoms with E-state index in [0.717, 1.165) is 25.9 Å². The van der Waals surface area contributed by atoms with Gasteiger partial charge in [-0.3, -0.25) is 9.69 Å². The normalized spacial score (nSPS) is 15.4. The van der Waals surface area contributed by atoms with Crippen LogP contribution in [0.15, 0.2) is 12.2 Å². The minimum atomic E-state index is -0.0205. The van der Waals surface area contributed by atoms with Crippen molar-refractivity contribution in [1.29, 1.82) is 0 Å². The highest BCUT2D eigenvalue weighted by Gasteiger charge is 2.12. The molecule has 24 heavy (non-hydrogen) atoms. The van der Waals surface area contributed by atoms with Gasteiger partial charge in [-0.1, -0.05) is 57.6 Å². The molecule has 1 fully saturated rings. The molecule has 0 aliphatic carbocycles. The Labute approximate surface area is 149 Å². The average molecular weight is 338 g/mol. The lowest BCUT2D eigenvalue weighted by atomic mass is 10.1. The van der Waals surface area contributed by atoms with Crippen LogP contribution in [-0.2, 0) is 9.53 Å². The number of ether oxygens (including phenoxy) is 1. The van der Waals surface area contributed by atoms with Crippen LogP contribution in [0.3, 0.4) is 0 Å². The number of hydrogen-bond donors (Lipinski definition) is 0. The zero-order valence-corrected chi connectivity index (χ0v) is 15.9. The van der Waals surface area contributed by atoms with Crippen LogP contribution in [0.2, 0.25) is 0 Å². The first-order chi connectivity index (χ1) is 11.8. The van der Waals surface area contributed by atoms with E-state index in [4.69, 9.17) is 4.74 Å². The number of hydrogen-bond acceptors (Lipinski definition) is 3. The summed E-state index contributed by atoms with van der Waals surface area (Å²) in [5, 5.41) is 0. The first-order valence-corrected chi connectivity index (χ1v) is 10.4. The number of rotatable bonds is 15. The molecule has 0 spiro atoms. The van der Waals surface area contributed by atoms with Crippen molar-refractivity contribution in [3.8, 4) is 0 Å². The Morgan fingerprint density at radius 3 is 2.12 bits per heavy atom. The van der Waals surface area contributed by atoms with E-state index < -0.39 is 0 Å². The van der Waals surface area contributed by atoms with Crippen molar-refractivity contribution >= 4 is 5.97 Å². The smallest absolute Gasteiger partial charge is 0.307 e. The summed E-state index contributed by atoms with van der Waals surface area (Å²) in [6.07, 6.45) is 21.6. The second kappa shape index (κ2) is 15.7. The Morgan fingerprint density at radius 2 is 1.46 bits per heavy atom. The van der Waals surface area contributed by atoms with Gasteiger partial charge in [-0.15, -0.1) is 0 Å². The number of carbonyl (C=O) groups is 1. The maximum Gasteiger partial charge on any atom is 0.307 e. The van der Waals surface area contributed by atoms with Crippen LogP contribution < -0.4 is 0 Å². The fraction of sp³-hybridized carbons (Fsp3) is 0.857. The number of nitrogens with zero attached hydrogens (tertiary/aromatic N) is 1. The highest BCUT2D eigenvalue weighted by atomic mass is 16.5. The fourth-order valence-electron chi connectivity index (χ4n) is 3.13. The molecule has 3 nitrogen and oxygen atoms in total. The highest BCUT2D eigenvalue weighted by Crippen LogP contribution is 2.10. The van der Waals surface area contributed by atoms with Crippen molar-refractivity contribution in [2.24, 2.45) is 0 Å². The second-order valence-electron chi connectivity index (χ2n) is 7.10. The summed E-state index contributed by atoms with van der Waals surface area (Å²) in [5.41, 5.74) is 0. The van der Waals surface area contributed by atoms with Crippen LogP contribution in [0.5, 0.6) is 0 Å². The summed E-state index contributed by atoms with van der Waals surface area (Å²) >= 11 is 0. The fourth-order valence-corrected chi connectivity index (χ4v) is 3.13. The molecule has 3 heteroatoms. The lowest BCUT2D eigenvalue weighted by molar-refractivity contribution is -0.148. The summed E-state index contributed by atoms with van der Waals surface area (Å²) in [4.78, 5) is 13.9. The van der Waals surface area contributed by atoms with Crippen LogP contribution in [0, 0.1) is 0 Å². The third-order valence-electron chi connectivity index (χ3n) is 4.75. The summed E-state index contributed by atoms with van der Waals surface area (Å²) < 4.78 is 5.31. The van der Waals surface area contributed by atoms with Crippen LogP contribution in [0.4, 0.5) is 0 Å². The van der Waals surface area contributed by atoms with E-state index in [1.165, 1.54) is 70.6 Å². The molecule has 0 saturated carbocycles. The van der Waals surface area contributed by atoms with Crippen LogP contribution in [0.25, 0.3) is 0 Å². The zero-order chi connectivity index (χ0) is 17.3. The van der Waals surface area contributed by atoms with Gasteiger partial charge in [-0.2, -0.15) is 0 Å². The third-order valence-corrected chi connectivity index (χ3v) is 4.75. The molecule has 1 rings (SSSR count). The minimum Gasteiger partial charge on any atom is -0.449 e. The molecule has 0 N–H and O–H groups in total. The van der Waals surface area contributed by atoms with E-state index in [1.807, 2.05) is 0 Å². The van der Waals surface area contributed by atoms with Gasteiger partial charge in [-0.25, -0.2) is 0 Å². The molecular formula is C21H39NO2. The molecule has 140 valence electrons. The van der Waals surface area contributed by atoms with Gasteiger partial charge in [0.15, 0.2) is 0 Å².